The van der Waals surface area contributed by atoms with Crippen LogP contribution in [0.1, 0.15) is 0 Å². The van der Waals surface area contributed by atoms with Crippen molar-refractivity contribution in [2.75, 3.05) is 0 Å². The van der Waals surface area contributed by atoms with Gasteiger partial charge in [-0.3, -0.25) is 0 Å². The van der Waals surface area contributed by atoms with Gasteiger partial charge in [0.2, 0.25) is 0 Å². The summed E-state index contributed by atoms with van der Waals surface area (Å²) in [7, 11) is -21.4. The molecule has 19 heavy (non-hydrogen) atoms. The molecule has 116 valence electrons. The van der Waals surface area contributed by atoms with Crippen LogP contribution in [0.15, 0.2) is 28.0 Å². The zero-order valence-corrected chi connectivity index (χ0v) is 9.84. The second-order valence-electron chi connectivity index (χ2n) is 3.56. The highest BCUT2D eigenvalue weighted by Crippen LogP contribution is 3.05. The molecule has 1 aromatic carbocycles. The third kappa shape index (κ3) is 4.06. The predicted molar refractivity (Wildman–Crippen MR) is 49.2 cm³/mol. The van der Waals surface area contributed by atoms with Crippen LogP contribution >= 0.6 is 20.4 Å². The minimum Gasteiger partial charge on any atom is -0.207 e. The number of hydrogen-bond acceptors (Lipinski definition) is 0. The van der Waals surface area contributed by atoms with Crippen LogP contribution < -0.4 is 0 Å². The molecule has 0 aliphatic heterocycles. The fourth-order valence-corrected chi connectivity index (χ4v) is 2.43. The Bertz CT molecular complexity index is 500. The Morgan fingerprint density at radius 1 is 0.526 bits per heavy atom. The number of rotatable bonds is 2. The highest BCUT2D eigenvalue weighted by Gasteiger charge is 2.69. The zero-order valence-electron chi connectivity index (χ0n) is 8.21. The molecule has 0 amide bonds. The molecule has 0 radical (unpaired) electrons. The Kier molecular flexibility index (Phi) is 2.25. The van der Waals surface area contributed by atoms with Crippen LogP contribution in [0.25, 0.3) is 0 Å². The first-order valence-corrected chi connectivity index (χ1v) is 7.77. The molecule has 0 spiro atoms. The number of halogens is 11. The maximum Gasteiger partial charge on any atom is 0.310 e. The summed E-state index contributed by atoms with van der Waals surface area (Å²) in [5.74, 6) is -2.51. The van der Waals surface area contributed by atoms with Crippen molar-refractivity contribution in [1.82, 2.24) is 0 Å². The summed E-state index contributed by atoms with van der Waals surface area (Å²) >= 11 is 0. The van der Waals surface area contributed by atoms with Gasteiger partial charge in [0.1, 0.15) is 15.6 Å². The molecule has 0 unspecified atom stereocenters. The lowest BCUT2D eigenvalue weighted by Crippen LogP contribution is -2.11. The van der Waals surface area contributed by atoms with Gasteiger partial charge in [-0.2, -0.15) is 0 Å². The lowest BCUT2D eigenvalue weighted by Gasteiger charge is -2.43. The summed E-state index contributed by atoms with van der Waals surface area (Å²) in [4.78, 5) is -6.74. The molecule has 0 saturated carbocycles. The molecule has 0 aliphatic carbocycles. The first-order chi connectivity index (χ1) is 7.58. The molecule has 0 saturated heterocycles. The Balaban J connectivity index is 3.79. The third-order valence-corrected chi connectivity index (χ3v) is 3.99. The van der Waals surface area contributed by atoms with E-state index in [1.54, 1.807) is 0 Å². The summed E-state index contributed by atoms with van der Waals surface area (Å²) in [6.07, 6.45) is 0. The Labute approximate surface area is 98.2 Å². The Morgan fingerprint density at radius 3 is 1.00 bits per heavy atom. The molecule has 0 fully saturated rings. The summed E-state index contributed by atoms with van der Waals surface area (Å²) in [6, 6.07) is -3.45. The molecule has 0 atom stereocenters. The van der Waals surface area contributed by atoms with Gasteiger partial charge in [0.15, 0.2) is 0 Å². The largest absolute Gasteiger partial charge is 0.310 e. The summed E-state index contributed by atoms with van der Waals surface area (Å²) < 4.78 is 134. The van der Waals surface area contributed by atoms with Gasteiger partial charge in [0.05, 0.1) is 0 Å². The van der Waals surface area contributed by atoms with Crippen LogP contribution in [0.5, 0.6) is 0 Å². The molecular weight excluding hydrogens is 345 g/mol. The van der Waals surface area contributed by atoms with Crippen molar-refractivity contribution < 1.29 is 43.2 Å². The number of hydrogen-bond donors (Lipinski definition) is 0. The molecule has 0 N–H and O–H groups in total. The Hall–Kier alpha value is -0.850. The van der Waals surface area contributed by atoms with E-state index in [4.69, 9.17) is 0 Å². The van der Waals surface area contributed by atoms with Crippen LogP contribution in [0.4, 0.5) is 43.2 Å². The molecule has 13 heteroatoms. The second-order valence-corrected chi connectivity index (χ2v) is 8.38. The molecule has 0 heterocycles. The fraction of sp³-hybridized carbons (Fsp3) is 0. The molecule has 0 bridgehead atoms. The zero-order chi connectivity index (χ0) is 15.7. The first-order valence-electron chi connectivity index (χ1n) is 3.87. The monoisotopic (exact) mass is 348 g/mol. The smallest absolute Gasteiger partial charge is 0.207 e. The highest BCUT2D eigenvalue weighted by atomic mass is 32.5. The summed E-state index contributed by atoms with van der Waals surface area (Å²) in [5.41, 5.74) is 0. The van der Waals surface area contributed by atoms with Crippen molar-refractivity contribution in [2.45, 2.75) is 9.79 Å². The third-order valence-electron chi connectivity index (χ3n) is 1.74. The van der Waals surface area contributed by atoms with Crippen molar-refractivity contribution >= 4 is 20.4 Å². The maximum absolute atomic E-state index is 12.5. The van der Waals surface area contributed by atoms with Crippen LogP contribution in [0.3, 0.4) is 0 Å². The minimum absolute atomic E-state index is 0.978. The van der Waals surface area contributed by atoms with Crippen LogP contribution in [0.2, 0.25) is 0 Å². The standard InChI is InChI=1S/C6H3F11S2/c7-4-1-5(18(8,9,10,11)12)3-6(2-4)19(13,14,15,16)17/h1-3H. The average Bonchev–Trinajstić information content (AvgIpc) is 1.93. The van der Waals surface area contributed by atoms with E-state index in [2.05, 4.69) is 0 Å². The topological polar surface area (TPSA) is 0 Å². The van der Waals surface area contributed by atoms with Crippen molar-refractivity contribution in [1.29, 1.82) is 0 Å². The maximum atomic E-state index is 12.5. The number of benzene rings is 1. The SMILES string of the molecule is Fc1cc(S(F)(F)(F)(F)F)cc(S(F)(F)(F)(F)F)c1. The van der Waals surface area contributed by atoms with Gasteiger partial charge in [-0.25, -0.2) is 4.39 Å². The van der Waals surface area contributed by atoms with Gasteiger partial charge in [0, 0.05) is 0 Å². The van der Waals surface area contributed by atoms with E-state index in [9.17, 15) is 43.2 Å². The van der Waals surface area contributed by atoms with Gasteiger partial charge in [-0.05, 0) is 18.2 Å². The lowest BCUT2D eigenvalue weighted by atomic mass is 10.3. The molecular formula is C6H3F11S2. The van der Waals surface area contributed by atoms with E-state index in [1.807, 2.05) is 0 Å². The second kappa shape index (κ2) is 2.64. The summed E-state index contributed by atoms with van der Waals surface area (Å²) in [6.45, 7) is 0. The molecule has 0 aliphatic rings. The van der Waals surface area contributed by atoms with Crippen molar-refractivity contribution in [3.8, 4) is 0 Å². The van der Waals surface area contributed by atoms with E-state index in [-0.39, 0.29) is 0 Å². The van der Waals surface area contributed by atoms with E-state index in [0.29, 0.717) is 0 Å². The van der Waals surface area contributed by atoms with Crippen LogP contribution in [-0.4, -0.2) is 0 Å². The normalized spacial score (nSPS) is 21.0. The van der Waals surface area contributed by atoms with E-state index < -0.39 is 54.3 Å². The van der Waals surface area contributed by atoms with Gasteiger partial charge >= 0.3 is 20.4 Å². The van der Waals surface area contributed by atoms with Gasteiger partial charge in [-0.15, -0.1) is 0 Å². The first kappa shape index (κ1) is 16.2. The predicted octanol–water partition coefficient (Wildman–Crippen LogP) is 7.14. The van der Waals surface area contributed by atoms with E-state index >= 15 is 0 Å². The highest BCUT2D eigenvalue weighted by molar-refractivity contribution is 8.46. The summed E-state index contributed by atoms with van der Waals surface area (Å²) in [5, 5.41) is 0. The minimum atomic E-state index is -10.7. The average molecular weight is 348 g/mol. The van der Waals surface area contributed by atoms with Gasteiger partial charge in [-0.1, -0.05) is 38.9 Å². The quantitative estimate of drug-likeness (QED) is 0.498. The molecule has 1 aromatic rings. The van der Waals surface area contributed by atoms with Gasteiger partial charge < -0.3 is 0 Å². The molecule has 1 rings (SSSR count). The fourth-order valence-electron chi connectivity index (χ4n) is 0.982. The van der Waals surface area contributed by atoms with E-state index in [1.165, 1.54) is 0 Å². The lowest BCUT2D eigenvalue weighted by molar-refractivity contribution is 0.358. The van der Waals surface area contributed by atoms with Crippen molar-refractivity contribution in [2.24, 2.45) is 0 Å². The molecule has 0 aromatic heterocycles. The Morgan fingerprint density at radius 2 is 0.789 bits per heavy atom. The van der Waals surface area contributed by atoms with Crippen LogP contribution in [0, 0.1) is 5.82 Å². The van der Waals surface area contributed by atoms with Gasteiger partial charge in [0.25, 0.3) is 0 Å². The van der Waals surface area contributed by atoms with Crippen molar-refractivity contribution in [3.05, 3.63) is 24.0 Å². The van der Waals surface area contributed by atoms with Crippen LogP contribution in [-0.2, 0) is 0 Å². The molecule has 0 nitrogen and oxygen atoms in total. The van der Waals surface area contributed by atoms with Crippen molar-refractivity contribution in [3.63, 3.8) is 0 Å². The van der Waals surface area contributed by atoms with E-state index in [0.717, 1.165) is 0 Å².